The summed E-state index contributed by atoms with van der Waals surface area (Å²) in [6.45, 7) is 3.98. The number of rotatable bonds is 6. The lowest BCUT2D eigenvalue weighted by Gasteiger charge is -2.26. The molecular weight excluding hydrogens is 405 g/mol. The van der Waals surface area contributed by atoms with Crippen LogP contribution in [-0.4, -0.2) is 47.7 Å². The van der Waals surface area contributed by atoms with E-state index in [9.17, 15) is 19.1 Å². The molecule has 2 aromatic carbocycles. The molecule has 1 fully saturated rings. The van der Waals surface area contributed by atoms with Crippen LogP contribution in [0.5, 0.6) is 11.5 Å². The van der Waals surface area contributed by atoms with Gasteiger partial charge in [0.15, 0.2) is 11.5 Å². The van der Waals surface area contributed by atoms with Crippen molar-refractivity contribution in [3.63, 3.8) is 0 Å². The molecule has 2 heterocycles. The van der Waals surface area contributed by atoms with Gasteiger partial charge in [-0.3, -0.25) is 9.59 Å². The van der Waals surface area contributed by atoms with Crippen molar-refractivity contribution in [2.45, 2.75) is 26.0 Å². The normalized spacial score (nSPS) is 19.5. The van der Waals surface area contributed by atoms with Crippen molar-refractivity contribution in [3.05, 3.63) is 65.0 Å². The largest absolute Gasteiger partial charge is 0.507 e. The first-order valence-corrected chi connectivity index (χ1v) is 9.93. The first kappa shape index (κ1) is 20.9. The number of ether oxygens (including phenoxy) is 3. The Morgan fingerprint density at radius 2 is 1.94 bits per heavy atom. The molecule has 1 amide bonds. The molecule has 1 saturated heterocycles. The van der Waals surface area contributed by atoms with Gasteiger partial charge in [-0.25, -0.2) is 4.39 Å². The van der Waals surface area contributed by atoms with Crippen LogP contribution in [-0.2, 0) is 14.3 Å². The van der Waals surface area contributed by atoms with Crippen LogP contribution in [0.2, 0.25) is 0 Å². The molecule has 0 saturated carbocycles. The highest BCUT2D eigenvalue weighted by Crippen LogP contribution is 2.41. The maximum Gasteiger partial charge on any atom is 0.295 e. The summed E-state index contributed by atoms with van der Waals surface area (Å²) in [7, 11) is 0. The van der Waals surface area contributed by atoms with E-state index in [0.717, 1.165) is 0 Å². The lowest BCUT2D eigenvalue weighted by Crippen LogP contribution is -2.33. The number of aliphatic hydroxyl groups excluding tert-OH is 1. The van der Waals surface area contributed by atoms with Gasteiger partial charge in [-0.1, -0.05) is 18.2 Å². The zero-order valence-electron chi connectivity index (χ0n) is 17.1. The number of fused-ring (bicyclic) bond motifs is 1. The van der Waals surface area contributed by atoms with Crippen molar-refractivity contribution >= 4 is 17.4 Å². The van der Waals surface area contributed by atoms with Gasteiger partial charge in [-0.15, -0.1) is 0 Å². The molecule has 8 heteroatoms. The highest BCUT2D eigenvalue weighted by molar-refractivity contribution is 6.46. The summed E-state index contributed by atoms with van der Waals surface area (Å²) in [5.41, 5.74) is 0.203. The first-order valence-electron chi connectivity index (χ1n) is 9.93. The van der Waals surface area contributed by atoms with Crippen LogP contribution in [0.4, 0.5) is 4.39 Å². The third-order valence-corrected chi connectivity index (χ3v) is 5.17. The van der Waals surface area contributed by atoms with Gasteiger partial charge in [0.2, 0.25) is 6.79 Å². The maximum absolute atomic E-state index is 14.7. The fourth-order valence-corrected chi connectivity index (χ4v) is 3.72. The van der Waals surface area contributed by atoms with Crippen LogP contribution < -0.4 is 9.47 Å². The summed E-state index contributed by atoms with van der Waals surface area (Å²) in [5, 5.41) is 11.0. The Bertz CT molecular complexity index is 1060. The van der Waals surface area contributed by atoms with Gasteiger partial charge < -0.3 is 24.2 Å². The molecule has 1 atom stereocenters. The molecule has 0 radical (unpaired) electrons. The van der Waals surface area contributed by atoms with E-state index in [1.165, 1.54) is 29.2 Å². The Balaban J connectivity index is 1.80. The molecule has 31 heavy (non-hydrogen) atoms. The Kier molecular flexibility index (Phi) is 5.65. The number of ketones is 1. The summed E-state index contributed by atoms with van der Waals surface area (Å²) in [5.74, 6) is -1.77. The number of aliphatic hydroxyl groups is 1. The molecule has 0 spiro atoms. The smallest absolute Gasteiger partial charge is 0.295 e. The second-order valence-electron chi connectivity index (χ2n) is 7.50. The van der Waals surface area contributed by atoms with Crippen LogP contribution in [0, 0.1) is 5.82 Å². The minimum Gasteiger partial charge on any atom is -0.507 e. The molecule has 2 aromatic rings. The van der Waals surface area contributed by atoms with Crippen LogP contribution >= 0.6 is 0 Å². The second-order valence-corrected chi connectivity index (χ2v) is 7.50. The van der Waals surface area contributed by atoms with Crippen molar-refractivity contribution in [2.24, 2.45) is 0 Å². The Hall–Kier alpha value is -3.39. The average Bonchev–Trinajstić information content (AvgIpc) is 3.31. The van der Waals surface area contributed by atoms with Gasteiger partial charge in [0.25, 0.3) is 11.7 Å². The van der Waals surface area contributed by atoms with E-state index in [-0.39, 0.29) is 42.7 Å². The molecule has 0 aliphatic carbocycles. The molecule has 2 aliphatic heterocycles. The van der Waals surface area contributed by atoms with E-state index in [2.05, 4.69) is 0 Å². The molecule has 162 valence electrons. The van der Waals surface area contributed by atoms with E-state index in [1.54, 1.807) is 18.2 Å². The third kappa shape index (κ3) is 3.86. The maximum atomic E-state index is 14.7. The topological polar surface area (TPSA) is 85.3 Å². The minimum atomic E-state index is -1.08. The molecule has 0 bridgehead atoms. The molecule has 4 rings (SSSR count). The lowest BCUT2D eigenvalue weighted by atomic mass is 9.95. The fourth-order valence-electron chi connectivity index (χ4n) is 3.72. The number of likely N-dealkylation sites (tertiary alicyclic amines) is 1. The number of hydrogen-bond donors (Lipinski definition) is 1. The number of amides is 1. The van der Waals surface area contributed by atoms with Crippen molar-refractivity contribution in [3.8, 4) is 11.5 Å². The summed E-state index contributed by atoms with van der Waals surface area (Å²) in [6, 6.07) is 9.47. The molecule has 2 aliphatic rings. The highest BCUT2D eigenvalue weighted by Gasteiger charge is 2.46. The monoisotopic (exact) mass is 427 g/mol. The van der Waals surface area contributed by atoms with Gasteiger partial charge in [-0.2, -0.15) is 0 Å². The van der Waals surface area contributed by atoms with Gasteiger partial charge in [0, 0.05) is 17.7 Å². The second kappa shape index (κ2) is 8.39. The molecule has 1 N–H and O–H groups in total. The Labute approximate surface area is 178 Å². The highest BCUT2D eigenvalue weighted by atomic mass is 19.1. The minimum absolute atomic E-state index is 0.0506. The summed E-state index contributed by atoms with van der Waals surface area (Å²) in [6.07, 6.45) is -0.0719. The number of Topliss-reactive ketones (excluding diaryl/α,β-unsaturated/α-hetero) is 1. The van der Waals surface area contributed by atoms with E-state index in [4.69, 9.17) is 14.2 Å². The summed E-state index contributed by atoms with van der Waals surface area (Å²) in [4.78, 5) is 27.0. The first-order chi connectivity index (χ1) is 14.9. The molecule has 7 nitrogen and oxygen atoms in total. The van der Waals surface area contributed by atoms with E-state index < -0.39 is 29.3 Å². The zero-order valence-corrected chi connectivity index (χ0v) is 17.1. The number of carbonyl (C=O) groups is 2. The quantitative estimate of drug-likeness (QED) is 0.432. The van der Waals surface area contributed by atoms with Crippen molar-refractivity contribution in [2.75, 3.05) is 19.9 Å². The number of carbonyl (C=O) groups excluding carboxylic acids is 2. The Morgan fingerprint density at radius 1 is 1.19 bits per heavy atom. The van der Waals surface area contributed by atoms with Crippen molar-refractivity contribution < 1.29 is 33.3 Å². The van der Waals surface area contributed by atoms with Crippen molar-refractivity contribution in [1.82, 2.24) is 4.90 Å². The van der Waals surface area contributed by atoms with Crippen LogP contribution in [0.15, 0.2) is 48.0 Å². The standard InChI is InChI=1S/C23H22FNO6/c1-13(2)29-10-9-25-20(15-5-3-4-6-16(15)24)19(22(27)23(25)28)21(26)14-7-8-17-18(11-14)31-12-30-17/h3-8,11,13,20,26H,9-10,12H2,1-2H3/b21-19+. The zero-order chi connectivity index (χ0) is 22.1. The van der Waals surface area contributed by atoms with Crippen LogP contribution in [0.25, 0.3) is 5.76 Å². The molecule has 0 aromatic heterocycles. The van der Waals surface area contributed by atoms with Crippen LogP contribution in [0.1, 0.15) is 31.0 Å². The van der Waals surface area contributed by atoms with Crippen LogP contribution in [0.3, 0.4) is 0 Å². The summed E-state index contributed by atoms with van der Waals surface area (Å²) >= 11 is 0. The predicted molar refractivity (Wildman–Crippen MR) is 109 cm³/mol. The molecule has 1 unspecified atom stereocenters. The van der Waals surface area contributed by atoms with Gasteiger partial charge >= 0.3 is 0 Å². The third-order valence-electron chi connectivity index (χ3n) is 5.17. The van der Waals surface area contributed by atoms with E-state index in [1.807, 2.05) is 13.8 Å². The van der Waals surface area contributed by atoms with E-state index in [0.29, 0.717) is 11.5 Å². The van der Waals surface area contributed by atoms with Crippen molar-refractivity contribution in [1.29, 1.82) is 0 Å². The summed E-state index contributed by atoms with van der Waals surface area (Å²) < 4.78 is 30.8. The SMILES string of the molecule is CC(C)OCCN1C(=O)C(=O)/C(=C(/O)c2ccc3c(c2)OCO3)C1c1ccccc1F. The number of nitrogens with zero attached hydrogens (tertiary/aromatic N) is 1. The lowest BCUT2D eigenvalue weighted by molar-refractivity contribution is -0.140. The van der Waals surface area contributed by atoms with E-state index >= 15 is 0 Å². The number of benzene rings is 2. The van der Waals surface area contributed by atoms with Gasteiger partial charge in [-0.05, 0) is 38.1 Å². The fraction of sp³-hybridized carbons (Fsp3) is 0.304. The Morgan fingerprint density at radius 3 is 2.68 bits per heavy atom. The predicted octanol–water partition coefficient (Wildman–Crippen LogP) is 3.40. The van der Waals surface area contributed by atoms with Gasteiger partial charge in [0.1, 0.15) is 11.6 Å². The molecular formula is C23H22FNO6. The number of hydrogen-bond acceptors (Lipinski definition) is 6. The average molecular weight is 427 g/mol. The van der Waals surface area contributed by atoms with Gasteiger partial charge in [0.05, 0.1) is 24.3 Å². The number of halogens is 1.